The van der Waals surface area contributed by atoms with Crippen molar-refractivity contribution < 1.29 is 5.11 Å². The third kappa shape index (κ3) is 2.97. The summed E-state index contributed by atoms with van der Waals surface area (Å²) < 4.78 is 0. The molecular weight excluding hydrogens is 190 g/mol. The van der Waals surface area contributed by atoms with Crippen LogP contribution in [0.2, 0.25) is 0 Å². The first-order valence-electron chi connectivity index (χ1n) is 5.52. The smallest absolute Gasteiger partial charge is 0.115 e. The van der Waals surface area contributed by atoms with Gasteiger partial charge >= 0.3 is 0 Å². The molecule has 0 saturated heterocycles. The third-order valence-corrected chi connectivity index (χ3v) is 2.92. The Morgan fingerprint density at radius 3 is 3.00 bits per heavy atom. The molecule has 4 nitrogen and oxygen atoms in total. The van der Waals surface area contributed by atoms with Crippen molar-refractivity contribution in [3.63, 3.8) is 0 Å². The van der Waals surface area contributed by atoms with Gasteiger partial charge < -0.3 is 10.4 Å². The fourth-order valence-corrected chi connectivity index (χ4v) is 2.01. The van der Waals surface area contributed by atoms with Crippen molar-refractivity contribution in [1.82, 2.24) is 15.3 Å². The zero-order valence-corrected chi connectivity index (χ0v) is 8.76. The van der Waals surface area contributed by atoms with Crippen LogP contribution in [0.3, 0.4) is 0 Å². The van der Waals surface area contributed by atoms with Gasteiger partial charge in [-0.1, -0.05) is 12.8 Å². The van der Waals surface area contributed by atoms with Crippen LogP contribution < -0.4 is 5.32 Å². The average molecular weight is 207 g/mol. The molecule has 0 amide bonds. The molecule has 0 aliphatic heterocycles. The van der Waals surface area contributed by atoms with Crippen molar-refractivity contribution in [1.29, 1.82) is 0 Å². The maximum absolute atomic E-state index is 9.75. The molecule has 82 valence electrons. The minimum atomic E-state index is -0.194. The largest absolute Gasteiger partial charge is 0.392 e. The molecule has 2 rings (SSSR count). The highest BCUT2D eigenvalue weighted by atomic mass is 16.3. The molecule has 1 saturated carbocycles. The van der Waals surface area contributed by atoms with E-state index in [9.17, 15) is 5.11 Å². The van der Waals surface area contributed by atoms with Crippen molar-refractivity contribution >= 4 is 0 Å². The minimum Gasteiger partial charge on any atom is -0.392 e. The second-order valence-corrected chi connectivity index (χ2v) is 4.04. The van der Waals surface area contributed by atoms with Crippen molar-refractivity contribution in [2.24, 2.45) is 0 Å². The van der Waals surface area contributed by atoms with E-state index in [0.717, 1.165) is 25.0 Å². The molecule has 2 atom stereocenters. The summed E-state index contributed by atoms with van der Waals surface area (Å²) in [5, 5.41) is 13.1. The molecule has 1 aliphatic rings. The molecule has 0 radical (unpaired) electrons. The molecule has 0 aromatic carbocycles. The van der Waals surface area contributed by atoms with E-state index < -0.39 is 0 Å². The molecule has 1 aromatic rings. The van der Waals surface area contributed by atoms with Crippen LogP contribution in [-0.2, 0) is 6.54 Å². The molecule has 1 fully saturated rings. The standard InChI is InChI=1S/C11H17N3O/c15-11-4-2-1-3-10(11)13-7-9-5-6-12-8-14-9/h5-6,8,10-11,13,15H,1-4,7H2/t10-,11-/m1/s1. The van der Waals surface area contributed by atoms with Crippen molar-refractivity contribution in [3.8, 4) is 0 Å². The van der Waals surface area contributed by atoms with Gasteiger partial charge in [-0.15, -0.1) is 0 Å². The van der Waals surface area contributed by atoms with Gasteiger partial charge in [-0.05, 0) is 18.9 Å². The molecular formula is C11H17N3O. The van der Waals surface area contributed by atoms with Gasteiger partial charge in [0.1, 0.15) is 6.33 Å². The normalized spacial score (nSPS) is 26.5. The number of hydrogen-bond acceptors (Lipinski definition) is 4. The lowest BCUT2D eigenvalue weighted by molar-refractivity contribution is 0.0901. The highest BCUT2D eigenvalue weighted by Gasteiger charge is 2.22. The summed E-state index contributed by atoms with van der Waals surface area (Å²) in [4.78, 5) is 8.00. The van der Waals surface area contributed by atoms with Crippen molar-refractivity contribution in [2.75, 3.05) is 0 Å². The maximum Gasteiger partial charge on any atom is 0.115 e. The average Bonchev–Trinajstić information content (AvgIpc) is 2.29. The Morgan fingerprint density at radius 2 is 2.27 bits per heavy atom. The Labute approximate surface area is 89.8 Å². The summed E-state index contributed by atoms with van der Waals surface area (Å²) in [6, 6.07) is 2.12. The number of hydrogen-bond donors (Lipinski definition) is 2. The van der Waals surface area contributed by atoms with E-state index in [2.05, 4.69) is 15.3 Å². The van der Waals surface area contributed by atoms with Crippen LogP contribution in [0.15, 0.2) is 18.6 Å². The van der Waals surface area contributed by atoms with Crippen molar-refractivity contribution in [2.45, 2.75) is 44.4 Å². The van der Waals surface area contributed by atoms with Gasteiger partial charge in [0.15, 0.2) is 0 Å². The van der Waals surface area contributed by atoms with Crippen LogP contribution >= 0.6 is 0 Å². The zero-order chi connectivity index (χ0) is 10.5. The Hall–Kier alpha value is -1.00. The summed E-state index contributed by atoms with van der Waals surface area (Å²) in [5.41, 5.74) is 0.975. The minimum absolute atomic E-state index is 0.194. The van der Waals surface area contributed by atoms with Crippen LogP contribution in [0.4, 0.5) is 0 Å². The van der Waals surface area contributed by atoms with Crippen molar-refractivity contribution in [3.05, 3.63) is 24.3 Å². The van der Waals surface area contributed by atoms with E-state index in [4.69, 9.17) is 0 Å². The fraction of sp³-hybridized carbons (Fsp3) is 0.636. The summed E-state index contributed by atoms with van der Waals surface area (Å²) in [5.74, 6) is 0. The second-order valence-electron chi connectivity index (χ2n) is 4.04. The quantitative estimate of drug-likeness (QED) is 0.772. The number of nitrogens with zero attached hydrogens (tertiary/aromatic N) is 2. The van der Waals surface area contributed by atoms with Crippen LogP contribution in [0.1, 0.15) is 31.4 Å². The second kappa shape index (κ2) is 5.19. The van der Waals surface area contributed by atoms with Crippen LogP contribution in [0, 0.1) is 0 Å². The van der Waals surface area contributed by atoms with Gasteiger partial charge in [0.25, 0.3) is 0 Å². The van der Waals surface area contributed by atoms with Crippen LogP contribution in [-0.4, -0.2) is 27.2 Å². The lowest BCUT2D eigenvalue weighted by Gasteiger charge is -2.28. The maximum atomic E-state index is 9.75. The predicted molar refractivity (Wildman–Crippen MR) is 57.1 cm³/mol. The van der Waals surface area contributed by atoms with Crippen LogP contribution in [0.25, 0.3) is 0 Å². The van der Waals surface area contributed by atoms with Gasteiger partial charge in [-0.2, -0.15) is 0 Å². The molecule has 15 heavy (non-hydrogen) atoms. The number of rotatable bonds is 3. The van der Waals surface area contributed by atoms with E-state index in [-0.39, 0.29) is 12.1 Å². The third-order valence-electron chi connectivity index (χ3n) is 2.92. The SMILES string of the molecule is O[C@@H]1CCCC[C@H]1NCc1ccncn1. The highest BCUT2D eigenvalue weighted by molar-refractivity contribution is 4.98. The van der Waals surface area contributed by atoms with Crippen LogP contribution in [0.5, 0.6) is 0 Å². The topological polar surface area (TPSA) is 58.0 Å². The van der Waals surface area contributed by atoms with Gasteiger partial charge in [0.2, 0.25) is 0 Å². The first-order valence-corrected chi connectivity index (χ1v) is 5.52. The summed E-state index contributed by atoms with van der Waals surface area (Å²) in [7, 11) is 0. The Bertz CT molecular complexity index is 291. The van der Waals surface area contributed by atoms with E-state index in [1.165, 1.54) is 6.42 Å². The Morgan fingerprint density at radius 1 is 1.40 bits per heavy atom. The molecule has 0 unspecified atom stereocenters. The van der Waals surface area contributed by atoms with E-state index >= 15 is 0 Å². The number of aromatic nitrogens is 2. The molecule has 4 heteroatoms. The van der Waals surface area contributed by atoms with E-state index in [1.54, 1.807) is 12.5 Å². The van der Waals surface area contributed by atoms with E-state index in [1.807, 2.05) is 6.07 Å². The summed E-state index contributed by atoms with van der Waals surface area (Å²) in [6.07, 6.45) is 7.43. The van der Waals surface area contributed by atoms with Gasteiger partial charge in [0.05, 0.1) is 11.8 Å². The molecule has 1 aliphatic carbocycles. The number of aliphatic hydroxyl groups excluding tert-OH is 1. The monoisotopic (exact) mass is 207 g/mol. The molecule has 1 heterocycles. The molecule has 0 spiro atoms. The fourth-order valence-electron chi connectivity index (χ4n) is 2.01. The number of nitrogens with one attached hydrogen (secondary N) is 1. The Kier molecular flexibility index (Phi) is 3.64. The lowest BCUT2D eigenvalue weighted by atomic mass is 9.92. The first-order chi connectivity index (χ1) is 7.36. The summed E-state index contributed by atoms with van der Waals surface area (Å²) in [6.45, 7) is 0.713. The van der Waals surface area contributed by atoms with Gasteiger partial charge in [-0.3, -0.25) is 0 Å². The first kappa shape index (κ1) is 10.5. The van der Waals surface area contributed by atoms with Gasteiger partial charge in [-0.25, -0.2) is 9.97 Å². The van der Waals surface area contributed by atoms with Gasteiger partial charge in [0, 0.05) is 18.8 Å². The molecule has 1 aromatic heterocycles. The predicted octanol–water partition coefficient (Wildman–Crippen LogP) is 0.870. The molecule has 2 N–H and O–H groups in total. The Balaban J connectivity index is 1.82. The molecule has 0 bridgehead atoms. The summed E-state index contributed by atoms with van der Waals surface area (Å²) >= 11 is 0. The number of aliphatic hydroxyl groups is 1. The highest BCUT2D eigenvalue weighted by Crippen LogP contribution is 2.18. The zero-order valence-electron chi connectivity index (χ0n) is 8.76. The lowest BCUT2D eigenvalue weighted by Crippen LogP contribution is -2.41. The van der Waals surface area contributed by atoms with E-state index in [0.29, 0.717) is 6.54 Å².